The smallest absolute Gasteiger partial charge is 0.235 e. The van der Waals surface area contributed by atoms with Crippen LogP contribution < -0.4 is 0 Å². The molecule has 1 aliphatic heterocycles. The largest absolute Gasteiger partial charge is 0.289 e. The summed E-state index contributed by atoms with van der Waals surface area (Å²) in [6.45, 7) is 5.01. The Morgan fingerprint density at radius 2 is 2.12 bits per heavy atom. The highest BCUT2D eigenvalue weighted by Crippen LogP contribution is 1.91. The Bertz CT molecular complexity index is 160. The first-order valence-corrected chi connectivity index (χ1v) is 2.79. The molecular formula is C6H11N2+. The first-order chi connectivity index (χ1) is 3.72. The number of hydrogen-bond acceptors (Lipinski definition) is 1. The normalized spacial score (nSPS) is 19.6. The first-order valence-electron chi connectivity index (χ1n) is 2.79. The zero-order valence-corrected chi connectivity index (χ0v) is 5.60. The molecule has 1 aliphatic rings. The van der Waals surface area contributed by atoms with Gasteiger partial charge in [0.15, 0.2) is 6.54 Å². The molecule has 1 rings (SSSR count). The van der Waals surface area contributed by atoms with Gasteiger partial charge in [-0.25, -0.2) is 4.58 Å². The molecule has 44 valence electrons. The van der Waals surface area contributed by atoms with Gasteiger partial charge in [-0.1, -0.05) is 4.99 Å². The molecule has 8 heavy (non-hydrogen) atoms. The average Bonchev–Trinajstić information content (AvgIpc) is 1.98. The van der Waals surface area contributed by atoms with E-state index in [2.05, 4.69) is 16.5 Å². The van der Waals surface area contributed by atoms with Crippen LogP contribution in [-0.2, 0) is 0 Å². The molecule has 0 atom stereocenters. The van der Waals surface area contributed by atoms with Gasteiger partial charge in [-0.2, -0.15) is 0 Å². The molecule has 0 N–H and O–H groups in total. The molecule has 0 fully saturated rings. The van der Waals surface area contributed by atoms with Crippen molar-refractivity contribution in [3.63, 3.8) is 0 Å². The predicted molar refractivity (Wildman–Crippen MR) is 34.8 cm³/mol. The predicted octanol–water partition coefficient (Wildman–Crippen LogP) is 0.522. The maximum Gasteiger partial charge on any atom is 0.289 e. The average molecular weight is 111 g/mol. The molecule has 0 saturated heterocycles. The SMILES string of the molecule is CC1=NCC(C)=[N+]1C. The Morgan fingerprint density at radius 3 is 2.25 bits per heavy atom. The monoisotopic (exact) mass is 111 g/mol. The summed E-state index contributed by atoms with van der Waals surface area (Å²) in [4.78, 5) is 4.20. The highest BCUT2D eigenvalue weighted by atomic mass is 15.1. The molecule has 0 aromatic carbocycles. The lowest BCUT2D eigenvalue weighted by atomic mass is 10.4. The second-order valence-corrected chi connectivity index (χ2v) is 2.16. The van der Waals surface area contributed by atoms with Crippen LogP contribution in [0.1, 0.15) is 13.8 Å². The Morgan fingerprint density at radius 1 is 1.50 bits per heavy atom. The number of rotatable bonds is 0. The Hall–Kier alpha value is -0.660. The van der Waals surface area contributed by atoms with E-state index in [-0.39, 0.29) is 0 Å². The van der Waals surface area contributed by atoms with Crippen LogP contribution >= 0.6 is 0 Å². The molecule has 2 nitrogen and oxygen atoms in total. The lowest BCUT2D eigenvalue weighted by Crippen LogP contribution is -2.13. The van der Waals surface area contributed by atoms with Crippen molar-refractivity contribution in [1.29, 1.82) is 0 Å². The molecule has 0 amide bonds. The van der Waals surface area contributed by atoms with Gasteiger partial charge in [0.1, 0.15) is 5.71 Å². The summed E-state index contributed by atoms with van der Waals surface area (Å²) in [7, 11) is 2.04. The van der Waals surface area contributed by atoms with Gasteiger partial charge in [-0.3, -0.25) is 0 Å². The van der Waals surface area contributed by atoms with E-state index in [1.807, 2.05) is 14.0 Å². The number of amidine groups is 1. The molecule has 0 radical (unpaired) electrons. The van der Waals surface area contributed by atoms with Crippen molar-refractivity contribution in [2.45, 2.75) is 13.8 Å². The molecule has 0 saturated carbocycles. The summed E-state index contributed by atoms with van der Waals surface area (Å²) < 4.78 is 2.11. The molecule has 1 heterocycles. The first kappa shape index (κ1) is 5.48. The molecule has 0 bridgehead atoms. The van der Waals surface area contributed by atoms with E-state index in [0.29, 0.717) is 0 Å². The Labute approximate surface area is 49.6 Å². The van der Waals surface area contributed by atoms with Gasteiger partial charge in [0.25, 0.3) is 5.84 Å². The summed E-state index contributed by atoms with van der Waals surface area (Å²) >= 11 is 0. The third kappa shape index (κ3) is 0.661. The van der Waals surface area contributed by atoms with Crippen LogP contribution in [0.2, 0.25) is 0 Å². The van der Waals surface area contributed by atoms with Gasteiger partial charge in [0, 0.05) is 6.92 Å². The topological polar surface area (TPSA) is 15.4 Å². The molecule has 0 aromatic heterocycles. The van der Waals surface area contributed by atoms with E-state index in [1.165, 1.54) is 5.71 Å². The van der Waals surface area contributed by atoms with E-state index in [1.54, 1.807) is 0 Å². The molecule has 0 aliphatic carbocycles. The van der Waals surface area contributed by atoms with Gasteiger partial charge >= 0.3 is 0 Å². The quantitative estimate of drug-likeness (QED) is 0.405. The summed E-state index contributed by atoms with van der Waals surface area (Å²) in [5.74, 6) is 1.13. The zero-order chi connectivity index (χ0) is 6.15. The van der Waals surface area contributed by atoms with Crippen LogP contribution in [0.15, 0.2) is 4.99 Å². The molecule has 2 heteroatoms. The maximum atomic E-state index is 4.20. The third-order valence-corrected chi connectivity index (χ3v) is 1.59. The second-order valence-electron chi connectivity index (χ2n) is 2.16. The minimum atomic E-state index is 0.891. The lowest BCUT2D eigenvalue weighted by Gasteiger charge is -1.87. The van der Waals surface area contributed by atoms with E-state index in [0.717, 1.165) is 12.4 Å². The highest BCUT2D eigenvalue weighted by molar-refractivity contribution is 5.91. The van der Waals surface area contributed by atoms with Gasteiger partial charge in [-0.05, 0) is 6.92 Å². The van der Waals surface area contributed by atoms with Crippen molar-refractivity contribution < 1.29 is 4.58 Å². The van der Waals surface area contributed by atoms with Crippen LogP contribution in [0.5, 0.6) is 0 Å². The Kier molecular flexibility index (Phi) is 1.16. The van der Waals surface area contributed by atoms with Crippen molar-refractivity contribution in [2.24, 2.45) is 4.99 Å². The second kappa shape index (κ2) is 1.69. The maximum absolute atomic E-state index is 4.20. The van der Waals surface area contributed by atoms with Gasteiger partial charge in [0.2, 0.25) is 0 Å². The zero-order valence-electron chi connectivity index (χ0n) is 5.60. The number of aliphatic imine (C=N–C) groups is 1. The van der Waals surface area contributed by atoms with Crippen LogP contribution in [0.3, 0.4) is 0 Å². The number of nitrogens with zero attached hydrogens (tertiary/aromatic N) is 2. The standard InChI is InChI=1S/C6H11N2/c1-5-4-7-6(2)8(5)3/h4H2,1-3H3/q+1. The van der Waals surface area contributed by atoms with Crippen LogP contribution in [0, 0.1) is 0 Å². The molecule has 0 unspecified atom stereocenters. The summed E-state index contributed by atoms with van der Waals surface area (Å²) in [6, 6.07) is 0. The van der Waals surface area contributed by atoms with Crippen molar-refractivity contribution in [3.8, 4) is 0 Å². The van der Waals surface area contributed by atoms with E-state index in [4.69, 9.17) is 0 Å². The fraction of sp³-hybridized carbons (Fsp3) is 0.667. The summed E-state index contributed by atoms with van der Waals surface area (Å²) in [5, 5.41) is 0. The summed E-state index contributed by atoms with van der Waals surface area (Å²) in [5.41, 5.74) is 1.34. The Balaban J connectivity index is 2.88. The van der Waals surface area contributed by atoms with Crippen LogP contribution in [-0.4, -0.2) is 29.7 Å². The fourth-order valence-electron chi connectivity index (χ4n) is 0.717. The van der Waals surface area contributed by atoms with Gasteiger partial charge in [-0.15, -0.1) is 0 Å². The minimum absolute atomic E-state index is 0.891. The molecular weight excluding hydrogens is 100 g/mol. The van der Waals surface area contributed by atoms with Crippen molar-refractivity contribution in [3.05, 3.63) is 0 Å². The van der Waals surface area contributed by atoms with Crippen molar-refractivity contribution in [1.82, 2.24) is 0 Å². The van der Waals surface area contributed by atoms with Crippen molar-refractivity contribution >= 4 is 11.5 Å². The molecule has 0 aromatic rings. The van der Waals surface area contributed by atoms with Crippen LogP contribution in [0.4, 0.5) is 0 Å². The molecule has 0 spiro atoms. The van der Waals surface area contributed by atoms with Crippen LogP contribution in [0.25, 0.3) is 0 Å². The van der Waals surface area contributed by atoms with Gasteiger partial charge in [0.05, 0.1) is 7.05 Å². The third-order valence-electron chi connectivity index (χ3n) is 1.59. The van der Waals surface area contributed by atoms with E-state index < -0.39 is 0 Å². The van der Waals surface area contributed by atoms with Gasteiger partial charge < -0.3 is 0 Å². The number of hydrogen-bond donors (Lipinski definition) is 0. The van der Waals surface area contributed by atoms with E-state index in [9.17, 15) is 0 Å². The fourth-order valence-corrected chi connectivity index (χ4v) is 0.717. The summed E-state index contributed by atoms with van der Waals surface area (Å²) in [6.07, 6.45) is 0. The van der Waals surface area contributed by atoms with Crippen molar-refractivity contribution in [2.75, 3.05) is 13.6 Å². The van der Waals surface area contributed by atoms with E-state index >= 15 is 0 Å². The highest BCUT2D eigenvalue weighted by Gasteiger charge is 2.14. The minimum Gasteiger partial charge on any atom is -0.235 e. The lowest BCUT2D eigenvalue weighted by molar-refractivity contribution is -0.368.